The minimum Gasteiger partial charge on any atom is -0.461 e. The Morgan fingerprint density at radius 2 is 2.19 bits per heavy atom. The van der Waals surface area contributed by atoms with Crippen molar-refractivity contribution in [2.75, 3.05) is 13.2 Å². The first-order valence-electron chi connectivity index (χ1n) is 7.47. The Kier molecular flexibility index (Phi) is 5.33. The van der Waals surface area contributed by atoms with Crippen LogP contribution in [0.1, 0.15) is 42.7 Å². The summed E-state index contributed by atoms with van der Waals surface area (Å²) in [4.78, 5) is 16.0. The van der Waals surface area contributed by atoms with Gasteiger partial charge in [0.05, 0.1) is 12.1 Å². The summed E-state index contributed by atoms with van der Waals surface area (Å²) in [6.07, 6.45) is 6.46. The fourth-order valence-electron chi connectivity index (χ4n) is 2.43. The lowest BCUT2D eigenvalue weighted by atomic mass is 10.1. The molecule has 0 saturated carbocycles. The molecule has 5 heteroatoms. The average molecular weight is 290 g/mol. The van der Waals surface area contributed by atoms with Crippen LogP contribution in [0.5, 0.6) is 0 Å². The number of hydrogen-bond acceptors (Lipinski definition) is 4. The number of nitrogens with zero attached hydrogens (tertiary/aromatic N) is 2. The van der Waals surface area contributed by atoms with Gasteiger partial charge >= 0.3 is 5.97 Å². The van der Waals surface area contributed by atoms with E-state index in [0.717, 1.165) is 36.7 Å². The molecule has 0 fully saturated rings. The number of pyridine rings is 1. The maximum atomic E-state index is 11.8. The molecule has 0 spiro atoms. The Hall–Kier alpha value is -1.88. The van der Waals surface area contributed by atoms with Crippen molar-refractivity contribution < 1.29 is 14.6 Å². The number of rotatable bonds is 7. The molecule has 2 heterocycles. The number of aryl methyl sites for hydroxylation is 2. The second-order valence-corrected chi connectivity index (χ2v) is 4.94. The third kappa shape index (κ3) is 3.42. The second-order valence-electron chi connectivity index (χ2n) is 4.94. The number of aliphatic hydroxyl groups is 1. The third-order valence-electron chi connectivity index (χ3n) is 3.52. The first-order valence-corrected chi connectivity index (χ1v) is 7.47. The molecule has 1 N–H and O–H groups in total. The first-order chi connectivity index (χ1) is 10.2. The van der Waals surface area contributed by atoms with E-state index in [1.54, 1.807) is 19.2 Å². The molecule has 21 heavy (non-hydrogen) atoms. The summed E-state index contributed by atoms with van der Waals surface area (Å²) in [5.41, 5.74) is 2.56. The molecule has 2 aromatic heterocycles. The molecule has 0 radical (unpaired) electrons. The highest BCUT2D eigenvalue weighted by Crippen LogP contribution is 2.23. The van der Waals surface area contributed by atoms with Gasteiger partial charge < -0.3 is 14.4 Å². The summed E-state index contributed by atoms with van der Waals surface area (Å²) in [5.74, 6) is -0.388. The predicted molar refractivity (Wildman–Crippen MR) is 81.4 cm³/mol. The van der Waals surface area contributed by atoms with E-state index in [-0.39, 0.29) is 12.6 Å². The van der Waals surface area contributed by atoms with E-state index in [2.05, 4.69) is 22.7 Å². The van der Waals surface area contributed by atoms with Gasteiger partial charge in [-0.25, -0.2) is 9.78 Å². The summed E-state index contributed by atoms with van der Waals surface area (Å²) in [6, 6.07) is 1.80. The monoisotopic (exact) mass is 290 g/mol. The van der Waals surface area contributed by atoms with Crippen LogP contribution in [0.25, 0.3) is 10.9 Å². The molecular weight excluding hydrogens is 268 g/mol. The molecule has 2 aromatic rings. The number of carbonyl (C=O) groups is 1. The number of unbranched alkanes of at least 4 members (excludes halogenated alkanes) is 1. The second kappa shape index (κ2) is 7.22. The highest BCUT2D eigenvalue weighted by Gasteiger charge is 2.13. The van der Waals surface area contributed by atoms with Crippen LogP contribution >= 0.6 is 0 Å². The van der Waals surface area contributed by atoms with E-state index in [4.69, 9.17) is 9.84 Å². The van der Waals surface area contributed by atoms with Crippen molar-refractivity contribution in [3.05, 3.63) is 29.7 Å². The SMILES string of the molecule is CCOC(=O)c1cc2c(cn1)c(CC)cn2CCCCO. The van der Waals surface area contributed by atoms with E-state index in [1.807, 2.05) is 0 Å². The van der Waals surface area contributed by atoms with Crippen LogP contribution in [-0.4, -0.2) is 33.8 Å². The van der Waals surface area contributed by atoms with Gasteiger partial charge in [0.25, 0.3) is 0 Å². The maximum absolute atomic E-state index is 11.8. The Labute approximate surface area is 124 Å². The summed E-state index contributed by atoms with van der Waals surface area (Å²) < 4.78 is 7.14. The molecule has 0 aliphatic rings. The molecule has 0 bridgehead atoms. The summed E-state index contributed by atoms with van der Waals surface area (Å²) in [7, 11) is 0. The fourth-order valence-corrected chi connectivity index (χ4v) is 2.43. The van der Waals surface area contributed by atoms with E-state index in [0.29, 0.717) is 12.3 Å². The van der Waals surface area contributed by atoms with Gasteiger partial charge in [0.1, 0.15) is 5.69 Å². The number of aromatic nitrogens is 2. The Morgan fingerprint density at radius 3 is 2.86 bits per heavy atom. The van der Waals surface area contributed by atoms with Crippen LogP contribution < -0.4 is 0 Å². The van der Waals surface area contributed by atoms with Crippen molar-refractivity contribution >= 4 is 16.9 Å². The zero-order valence-electron chi connectivity index (χ0n) is 12.6. The van der Waals surface area contributed by atoms with Gasteiger partial charge in [-0.2, -0.15) is 0 Å². The predicted octanol–water partition coefficient (Wildman–Crippen LogP) is 2.55. The Bertz CT molecular complexity index is 619. The summed E-state index contributed by atoms with van der Waals surface area (Å²) >= 11 is 0. The first kappa shape index (κ1) is 15.5. The van der Waals surface area contributed by atoms with Gasteiger partial charge in [0.15, 0.2) is 0 Å². The summed E-state index contributed by atoms with van der Waals surface area (Å²) in [5, 5.41) is 9.98. The van der Waals surface area contributed by atoms with Gasteiger partial charge in [-0.1, -0.05) is 6.92 Å². The Morgan fingerprint density at radius 1 is 1.38 bits per heavy atom. The highest BCUT2D eigenvalue weighted by atomic mass is 16.5. The topological polar surface area (TPSA) is 64.3 Å². The van der Waals surface area contributed by atoms with Crippen molar-refractivity contribution in [3.63, 3.8) is 0 Å². The van der Waals surface area contributed by atoms with Crippen LogP contribution in [0, 0.1) is 0 Å². The molecule has 0 unspecified atom stereocenters. The zero-order chi connectivity index (χ0) is 15.2. The van der Waals surface area contributed by atoms with Crippen LogP contribution in [0.4, 0.5) is 0 Å². The number of esters is 1. The molecule has 0 aliphatic heterocycles. The standard InChI is InChI=1S/C16H22N2O3/c1-3-12-11-18(7-5-6-8-19)15-9-14(16(20)21-4-2)17-10-13(12)15/h9-11,19H,3-8H2,1-2H3. The van der Waals surface area contributed by atoms with Crippen molar-refractivity contribution in [3.8, 4) is 0 Å². The molecule has 5 nitrogen and oxygen atoms in total. The molecule has 0 amide bonds. The minimum atomic E-state index is -0.388. The molecule has 114 valence electrons. The largest absolute Gasteiger partial charge is 0.461 e. The van der Waals surface area contributed by atoms with E-state index in [9.17, 15) is 4.79 Å². The molecular formula is C16H22N2O3. The summed E-state index contributed by atoms with van der Waals surface area (Å²) in [6.45, 7) is 5.25. The molecule has 0 saturated heterocycles. The van der Waals surface area contributed by atoms with Crippen LogP contribution in [-0.2, 0) is 17.7 Å². The minimum absolute atomic E-state index is 0.204. The average Bonchev–Trinajstić information content (AvgIpc) is 2.85. The third-order valence-corrected chi connectivity index (χ3v) is 3.52. The van der Waals surface area contributed by atoms with Crippen LogP contribution in [0.2, 0.25) is 0 Å². The van der Waals surface area contributed by atoms with Crippen molar-refractivity contribution in [2.45, 2.75) is 39.7 Å². The lowest BCUT2D eigenvalue weighted by Crippen LogP contribution is -2.07. The van der Waals surface area contributed by atoms with E-state index >= 15 is 0 Å². The normalized spacial score (nSPS) is 11.0. The van der Waals surface area contributed by atoms with Crippen LogP contribution in [0.3, 0.4) is 0 Å². The number of aliphatic hydroxyl groups excluding tert-OH is 1. The van der Waals surface area contributed by atoms with E-state index < -0.39 is 0 Å². The highest BCUT2D eigenvalue weighted by molar-refractivity contribution is 5.93. The van der Waals surface area contributed by atoms with Gasteiger partial charge in [-0.05, 0) is 37.8 Å². The van der Waals surface area contributed by atoms with Gasteiger partial charge in [0, 0.05) is 30.9 Å². The molecule has 0 atom stereocenters. The fraction of sp³-hybridized carbons (Fsp3) is 0.500. The molecule has 0 aliphatic carbocycles. The quantitative estimate of drug-likeness (QED) is 0.628. The Balaban J connectivity index is 2.37. The van der Waals surface area contributed by atoms with Crippen molar-refractivity contribution in [1.82, 2.24) is 9.55 Å². The molecule has 0 aromatic carbocycles. The number of carbonyl (C=O) groups excluding carboxylic acids is 1. The molecule has 2 rings (SSSR count). The lowest BCUT2D eigenvalue weighted by molar-refractivity contribution is 0.0519. The zero-order valence-corrected chi connectivity index (χ0v) is 12.6. The van der Waals surface area contributed by atoms with Gasteiger partial charge in [-0.3, -0.25) is 0 Å². The number of ether oxygens (including phenoxy) is 1. The van der Waals surface area contributed by atoms with E-state index in [1.165, 1.54) is 5.56 Å². The lowest BCUT2D eigenvalue weighted by Gasteiger charge is -2.06. The van der Waals surface area contributed by atoms with Crippen molar-refractivity contribution in [2.24, 2.45) is 0 Å². The number of fused-ring (bicyclic) bond motifs is 1. The maximum Gasteiger partial charge on any atom is 0.356 e. The van der Waals surface area contributed by atoms with Gasteiger partial charge in [-0.15, -0.1) is 0 Å². The number of hydrogen-bond donors (Lipinski definition) is 1. The van der Waals surface area contributed by atoms with Crippen LogP contribution in [0.15, 0.2) is 18.5 Å². The van der Waals surface area contributed by atoms with Gasteiger partial charge in [0.2, 0.25) is 0 Å². The smallest absolute Gasteiger partial charge is 0.356 e. The van der Waals surface area contributed by atoms with Crippen molar-refractivity contribution in [1.29, 1.82) is 0 Å².